The van der Waals surface area contributed by atoms with Crippen molar-refractivity contribution >= 4 is 33.3 Å². The fourth-order valence-electron chi connectivity index (χ4n) is 9.44. The van der Waals surface area contributed by atoms with Gasteiger partial charge in [-0.15, -0.1) is 0 Å². The van der Waals surface area contributed by atoms with Gasteiger partial charge in [-0.2, -0.15) is 0 Å². The molecule has 8 aromatic rings. The zero-order chi connectivity index (χ0) is 33.8. The van der Waals surface area contributed by atoms with Crippen LogP contribution in [0.25, 0.3) is 44.2 Å². The van der Waals surface area contributed by atoms with Crippen LogP contribution in [-0.2, 0) is 10.8 Å². The Morgan fingerprint density at radius 1 is 0.540 bits per heavy atom. The van der Waals surface area contributed by atoms with Crippen LogP contribution in [0, 0.1) is 13.8 Å². The summed E-state index contributed by atoms with van der Waals surface area (Å²) in [6, 6.07) is 53.4. The molecule has 1 heterocycles. The lowest BCUT2D eigenvalue weighted by atomic mass is 9.63. The van der Waals surface area contributed by atoms with Crippen molar-refractivity contribution in [3.63, 3.8) is 0 Å². The predicted molar refractivity (Wildman–Crippen MR) is 208 cm³/mol. The van der Waals surface area contributed by atoms with Crippen molar-refractivity contribution < 1.29 is 4.42 Å². The minimum absolute atomic E-state index is 0.323. The monoisotopic (exact) mass is 643 g/mol. The predicted octanol–water partition coefficient (Wildman–Crippen LogP) is 12.6. The van der Waals surface area contributed by atoms with E-state index < -0.39 is 5.41 Å². The van der Waals surface area contributed by atoms with Crippen LogP contribution in [0.2, 0.25) is 0 Å². The Morgan fingerprint density at radius 2 is 1.16 bits per heavy atom. The van der Waals surface area contributed by atoms with E-state index in [0.29, 0.717) is 0 Å². The molecule has 0 saturated heterocycles. The summed E-state index contributed by atoms with van der Waals surface area (Å²) in [5.41, 5.74) is 18.7. The van der Waals surface area contributed by atoms with Crippen molar-refractivity contribution in [2.45, 2.75) is 38.5 Å². The number of para-hydroxylation sites is 2. The molecule has 2 nitrogen and oxygen atoms in total. The van der Waals surface area contributed by atoms with Gasteiger partial charge >= 0.3 is 0 Å². The summed E-state index contributed by atoms with van der Waals surface area (Å²) in [5.74, 6) is 0. The highest BCUT2D eigenvalue weighted by atomic mass is 16.3. The fraction of sp³-hybridized carbons (Fsp3) is 0.125. The number of aryl methyl sites for hydroxylation is 2. The largest absolute Gasteiger partial charge is 0.455 e. The number of rotatable bonds is 4. The average Bonchev–Trinajstić information content (AvgIpc) is 3.75. The molecule has 0 atom stereocenters. The van der Waals surface area contributed by atoms with Crippen molar-refractivity contribution in [1.82, 2.24) is 0 Å². The molecule has 0 spiro atoms. The SMILES string of the molecule is Cc1cccc(C)c1Nc1ccc2c(c1)C(C)(C)c1c3c(c4oc5ccccc5c4c1-2)-c1ccccc1C3(c1ccccc1)c1ccccc1. The normalized spacial score (nSPS) is 14.7. The highest BCUT2D eigenvalue weighted by molar-refractivity contribution is 6.21. The number of hydrogen-bond donors (Lipinski definition) is 1. The lowest BCUT2D eigenvalue weighted by Crippen LogP contribution is -2.32. The van der Waals surface area contributed by atoms with Crippen LogP contribution >= 0.6 is 0 Å². The highest BCUT2D eigenvalue weighted by Gasteiger charge is 2.53. The molecule has 0 bridgehead atoms. The molecule has 50 heavy (non-hydrogen) atoms. The first kappa shape index (κ1) is 29.1. The third kappa shape index (κ3) is 3.68. The van der Waals surface area contributed by atoms with Crippen molar-refractivity contribution in [1.29, 1.82) is 0 Å². The van der Waals surface area contributed by atoms with E-state index in [1.807, 2.05) is 0 Å². The van der Waals surface area contributed by atoms with Crippen LogP contribution in [-0.4, -0.2) is 0 Å². The molecule has 0 saturated carbocycles. The number of hydrogen-bond acceptors (Lipinski definition) is 2. The minimum atomic E-state index is -0.551. The zero-order valence-corrected chi connectivity index (χ0v) is 28.8. The Balaban J connectivity index is 1.38. The Kier molecular flexibility index (Phi) is 6.01. The molecule has 0 aliphatic heterocycles. The van der Waals surface area contributed by atoms with E-state index in [4.69, 9.17) is 4.42 Å². The molecule has 0 radical (unpaired) electrons. The average molecular weight is 644 g/mol. The van der Waals surface area contributed by atoms with Gasteiger partial charge in [0.1, 0.15) is 11.2 Å². The topological polar surface area (TPSA) is 25.2 Å². The van der Waals surface area contributed by atoms with Gasteiger partial charge in [0.15, 0.2) is 0 Å². The second kappa shape index (κ2) is 10.3. The van der Waals surface area contributed by atoms with E-state index in [9.17, 15) is 0 Å². The first-order chi connectivity index (χ1) is 24.4. The Labute approximate surface area is 293 Å². The van der Waals surface area contributed by atoms with E-state index in [1.165, 1.54) is 77.8 Å². The minimum Gasteiger partial charge on any atom is -0.455 e. The summed E-state index contributed by atoms with van der Waals surface area (Å²) in [5, 5.41) is 6.19. The van der Waals surface area contributed by atoms with Gasteiger partial charge < -0.3 is 9.73 Å². The second-order valence-corrected chi connectivity index (χ2v) is 14.6. The first-order valence-corrected chi connectivity index (χ1v) is 17.6. The molecule has 2 heteroatoms. The maximum atomic E-state index is 7.04. The van der Waals surface area contributed by atoms with Gasteiger partial charge in [-0.25, -0.2) is 0 Å². The maximum absolute atomic E-state index is 7.04. The van der Waals surface area contributed by atoms with E-state index >= 15 is 0 Å². The molecular formula is C48H37NO. The summed E-state index contributed by atoms with van der Waals surface area (Å²) < 4.78 is 7.04. The van der Waals surface area contributed by atoms with E-state index in [2.05, 4.69) is 179 Å². The smallest absolute Gasteiger partial charge is 0.144 e. The molecule has 7 aromatic carbocycles. The van der Waals surface area contributed by atoms with E-state index in [-0.39, 0.29) is 5.41 Å². The van der Waals surface area contributed by atoms with Crippen molar-refractivity contribution in [3.05, 3.63) is 190 Å². The van der Waals surface area contributed by atoms with Gasteiger partial charge in [0.2, 0.25) is 0 Å². The summed E-state index contributed by atoms with van der Waals surface area (Å²) in [4.78, 5) is 0. The van der Waals surface area contributed by atoms with E-state index in [1.54, 1.807) is 0 Å². The third-order valence-corrected chi connectivity index (χ3v) is 11.5. The van der Waals surface area contributed by atoms with Crippen molar-refractivity contribution in [3.8, 4) is 22.3 Å². The molecule has 0 fully saturated rings. The lowest BCUT2D eigenvalue weighted by molar-refractivity contribution is 0.632. The molecular weight excluding hydrogens is 607 g/mol. The van der Waals surface area contributed by atoms with Gasteiger partial charge in [0.05, 0.1) is 5.41 Å². The summed E-state index contributed by atoms with van der Waals surface area (Å²) >= 11 is 0. The van der Waals surface area contributed by atoms with E-state index in [0.717, 1.165) is 22.2 Å². The summed E-state index contributed by atoms with van der Waals surface area (Å²) in [6.45, 7) is 9.21. The van der Waals surface area contributed by atoms with Crippen molar-refractivity contribution in [2.24, 2.45) is 0 Å². The maximum Gasteiger partial charge on any atom is 0.144 e. The Bertz CT molecular complexity index is 2600. The number of fused-ring (bicyclic) bond motifs is 12. The molecule has 2 aliphatic rings. The highest BCUT2D eigenvalue weighted by Crippen LogP contribution is 2.66. The van der Waals surface area contributed by atoms with Crippen LogP contribution in [0.4, 0.5) is 11.4 Å². The first-order valence-electron chi connectivity index (χ1n) is 17.6. The van der Waals surface area contributed by atoms with Crippen LogP contribution in [0.15, 0.2) is 150 Å². The molecule has 240 valence electrons. The Morgan fingerprint density at radius 3 is 1.88 bits per heavy atom. The third-order valence-electron chi connectivity index (χ3n) is 11.5. The van der Waals surface area contributed by atoms with Crippen LogP contribution in [0.1, 0.15) is 58.4 Å². The van der Waals surface area contributed by atoms with Gasteiger partial charge in [-0.1, -0.05) is 141 Å². The zero-order valence-electron chi connectivity index (χ0n) is 28.8. The molecule has 0 unspecified atom stereocenters. The van der Waals surface area contributed by atoms with Gasteiger partial charge in [-0.3, -0.25) is 0 Å². The number of anilines is 2. The summed E-state index contributed by atoms with van der Waals surface area (Å²) in [6.07, 6.45) is 0. The molecule has 10 rings (SSSR count). The fourth-order valence-corrected chi connectivity index (χ4v) is 9.44. The van der Waals surface area contributed by atoms with Crippen molar-refractivity contribution in [2.75, 3.05) is 5.32 Å². The molecule has 2 aliphatic carbocycles. The number of furan rings is 1. The van der Waals surface area contributed by atoms with Gasteiger partial charge in [0, 0.05) is 33.1 Å². The lowest BCUT2D eigenvalue weighted by Gasteiger charge is -2.37. The van der Waals surface area contributed by atoms with Crippen LogP contribution in [0.3, 0.4) is 0 Å². The molecule has 1 N–H and O–H groups in total. The van der Waals surface area contributed by atoms with Gasteiger partial charge in [-0.05, 0) is 93.2 Å². The van der Waals surface area contributed by atoms with Crippen LogP contribution < -0.4 is 5.32 Å². The van der Waals surface area contributed by atoms with Crippen LogP contribution in [0.5, 0.6) is 0 Å². The second-order valence-electron chi connectivity index (χ2n) is 14.6. The molecule has 0 amide bonds. The Hall–Kier alpha value is -5.86. The van der Waals surface area contributed by atoms with Gasteiger partial charge in [0.25, 0.3) is 0 Å². The number of nitrogens with one attached hydrogen (secondary N) is 1. The summed E-state index contributed by atoms with van der Waals surface area (Å²) in [7, 11) is 0. The number of benzene rings is 7. The standard InChI is InChI=1S/C48H37NO/c1-29-16-15-17-30(2)45(29)49-33-26-27-35-38(28-33)47(3,4)43-40(35)41-36-23-12-14-25-39(36)50-46(41)42-34-22-11-13-24-37(34)48(44(42)43,31-18-7-5-8-19-31)32-20-9-6-10-21-32/h5-28,49H,1-4H3. The molecule has 1 aromatic heterocycles. The quantitative estimate of drug-likeness (QED) is 0.206.